The molecule has 3 aromatic rings. The fraction of sp³-hybridized carbons (Fsp3) is 0.158. The molecular formula is C19H16N2O4. The van der Waals surface area contributed by atoms with Gasteiger partial charge in [0.05, 0.1) is 18.0 Å². The van der Waals surface area contributed by atoms with Crippen LogP contribution < -0.4 is 19.5 Å². The first-order valence-corrected chi connectivity index (χ1v) is 7.81. The summed E-state index contributed by atoms with van der Waals surface area (Å²) in [7, 11) is 3.21. The molecule has 1 aromatic heterocycles. The molecule has 0 unspecified atom stereocenters. The van der Waals surface area contributed by atoms with Crippen molar-refractivity contribution in [1.29, 1.82) is 0 Å². The lowest BCUT2D eigenvalue weighted by atomic mass is 9.98. The third kappa shape index (κ3) is 2.52. The lowest BCUT2D eigenvalue weighted by molar-refractivity contribution is 0.0958. The van der Waals surface area contributed by atoms with Crippen molar-refractivity contribution in [2.75, 3.05) is 21.0 Å². The fourth-order valence-corrected chi connectivity index (χ4v) is 2.93. The number of ether oxygens (including phenoxy) is 3. The number of carbonyl (C=O) groups is 1. The zero-order valence-electron chi connectivity index (χ0n) is 13.8. The number of nitrogens with zero attached hydrogens (tertiary/aromatic N) is 1. The SMILES string of the molecule is CNC(=O)c1cc(-c2ccc(OC)cc2)c2c3c(ccc2n1)OCO3. The highest BCUT2D eigenvalue weighted by atomic mass is 16.7. The minimum atomic E-state index is -0.241. The zero-order chi connectivity index (χ0) is 17.4. The Morgan fingerprint density at radius 2 is 1.96 bits per heavy atom. The number of rotatable bonds is 3. The maximum absolute atomic E-state index is 12.1. The summed E-state index contributed by atoms with van der Waals surface area (Å²) in [6.45, 7) is 0.174. The first kappa shape index (κ1) is 15.3. The van der Waals surface area contributed by atoms with E-state index in [1.807, 2.05) is 36.4 Å². The van der Waals surface area contributed by atoms with Gasteiger partial charge in [-0.3, -0.25) is 4.79 Å². The molecule has 1 N–H and O–H groups in total. The van der Waals surface area contributed by atoms with Crippen LogP contribution >= 0.6 is 0 Å². The van der Waals surface area contributed by atoms with E-state index in [2.05, 4.69) is 10.3 Å². The van der Waals surface area contributed by atoms with Crippen LogP contribution in [0.5, 0.6) is 17.2 Å². The maximum atomic E-state index is 12.1. The Morgan fingerprint density at radius 3 is 2.68 bits per heavy atom. The van der Waals surface area contributed by atoms with Crippen molar-refractivity contribution in [2.45, 2.75) is 0 Å². The Kier molecular flexibility index (Phi) is 3.65. The number of nitrogens with one attached hydrogen (secondary N) is 1. The Hall–Kier alpha value is -3.28. The molecule has 6 nitrogen and oxygen atoms in total. The lowest BCUT2D eigenvalue weighted by Gasteiger charge is -2.12. The number of fused-ring (bicyclic) bond motifs is 3. The molecule has 0 atom stereocenters. The van der Waals surface area contributed by atoms with Gasteiger partial charge in [-0.2, -0.15) is 0 Å². The second-order valence-electron chi connectivity index (χ2n) is 5.56. The summed E-state index contributed by atoms with van der Waals surface area (Å²) in [5.74, 6) is 1.85. The predicted molar refractivity (Wildman–Crippen MR) is 93.2 cm³/mol. The van der Waals surface area contributed by atoms with Gasteiger partial charge < -0.3 is 19.5 Å². The molecule has 0 bridgehead atoms. The van der Waals surface area contributed by atoms with E-state index in [-0.39, 0.29) is 12.7 Å². The number of pyridine rings is 1. The normalized spacial score (nSPS) is 12.2. The van der Waals surface area contributed by atoms with Gasteiger partial charge in [-0.1, -0.05) is 12.1 Å². The van der Waals surface area contributed by atoms with Crippen molar-refractivity contribution in [2.24, 2.45) is 0 Å². The van der Waals surface area contributed by atoms with Crippen molar-refractivity contribution in [3.05, 3.63) is 48.2 Å². The Bertz CT molecular complexity index is 967. The van der Waals surface area contributed by atoms with Crippen LogP contribution in [0.2, 0.25) is 0 Å². The minimum absolute atomic E-state index is 0.174. The molecular weight excluding hydrogens is 320 g/mol. The summed E-state index contributed by atoms with van der Waals surface area (Å²) in [5.41, 5.74) is 2.81. The van der Waals surface area contributed by atoms with Crippen molar-refractivity contribution in [3.8, 4) is 28.4 Å². The summed E-state index contributed by atoms with van der Waals surface area (Å²) >= 11 is 0. The van der Waals surface area contributed by atoms with Crippen LogP contribution in [-0.4, -0.2) is 31.8 Å². The Labute approximate surface area is 144 Å². The van der Waals surface area contributed by atoms with Crippen LogP contribution in [0.3, 0.4) is 0 Å². The summed E-state index contributed by atoms with van der Waals surface area (Å²) in [5, 5.41) is 3.44. The first-order valence-electron chi connectivity index (χ1n) is 7.81. The van der Waals surface area contributed by atoms with Crippen LogP contribution in [-0.2, 0) is 0 Å². The number of hydrogen-bond acceptors (Lipinski definition) is 5. The molecule has 1 aliphatic rings. The van der Waals surface area contributed by atoms with E-state index in [0.717, 1.165) is 22.3 Å². The van der Waals surface area contributed by atoms with E-state index in [4.69, 9.17) is 14.2 Å². The standard InChI is InChI=1S/C19H16N2O4/c1-20-19(22)15-9-13(11-3-5-12(23-2)6-4-11)17-14(21-15)7-8-16-18(17)25-10-24-16/h3-9H,10H2,1-2H3,(H,20,22). The molecule has 0 spiro atoms. The molecule has 1 amide bonds. The van der Waals surface area contributed by atoms with Gasteiger partial charge in [0.2, 0.25) is 6.79 Å². The molecule has 6 heteroatoms. The van der Waals surface area contributed by atoms with Gasteiger partial charge in [-0.05, 0) is 41.5 Å². The van der Waals surface area contributed by atoms with Gasteiger partial charge in [0.25, 0.3) is 5.91 Å². The van der Waals surface area contributed by atoms with Crippen molar-refractivity contribution < 1.29 is 19.0 Å². The third-order valence-electron chi connectivity index (χ3n) is 4.17. The number of aromatic nitrogens is 1. The number of methoxy groups -OCH3 is 1. The number of carbonyl (C=O) groups excluding carboxylic acids is 1. The summed E-state index contributed by atoms with van der Waals surface area (Å²) in [6.07, 6.45) is 0. The van der Waals surface area contributed by atoms with Crippen LogP contribution in [0, 0.1) is 0 Å². The summed E-state index contributed by atoms with van der Waals surface area (Å²) < 4.78 is 16.4. The first-order chi connectivity index (χ1) is 12.2. The van der Waals surface area contributed by atoms with E-state index in [0.29, 0.717) is 22.7 Å². The van der Waals surface area contributed by atoms with Crippen molar-refractivity contribution in [1.82, 2.24) is 10.3 Å². The van der Waals surface area contributed by atoms with Crippen molar-refractivity contribution >= 4 is 16.8 Å². The van der Waals surface area contributed by atoms with E-state index in [9.17, 15) is 4.79 Å². The topological polar surface area (TPSA) is 69.7 Å². The molecule has 4 rings (SSSR count). The Balaban J connectivity index is 2.01. The quantitative estimate of drug-likeness (QED) is 0.796. The smallest absolute Gasteiger partial charge is 0.269 e. The maximum Gasteiger partial charge on any atom is 0.269 e. The van der Waals surface area contributed by atoms with E-state index < -0.39 is 0 Å². The molecule has 126 valence electrons. The average molecular weight is 336 g/mol. The molecule has 25 heavy (non-hydrogen) atoms. The van der Waals surface area contributed by atoms with E-state index >= 15 is 0 Å². The van der Waals surface area contributed by atoms with Gasteiger partial charge in [0, 0.05) is 7.05 Å². The molecule has 2 aromatic carbocycles. The van der Waals surface area contributed by atoms with Gasteiger partial charge in [0.1, 0.15) is 11.4 Å². The molecule has 0 radical (unpaired) electrons. The minimum Gasteiger partial charge on any atom is -0.497 e. The Morgan fingerprint density at radius 1 is 1.16 bits per heavy atom. The monoisotopic (exact) mass is 336 g/mol. The van der Waals surface area contributed by atoms with Crippen LogP contribution in [0.4, 0.5) is 0 Å². The highest BCUT2D eigenvalue weighted by Gasteiger charge is 2.22. The second kappa shape index (κ2) is 5.98. The van der Waals surface area contributed by atoms with E-state index in [1.165, 1.54) is 0 Å². The highest BCUT2D eigenvalue weighted by Crippen LogP contribution is 2.43. The van der Waals surface area contributed by atoms with Crippen molar-refractivity contribution in [3.63, 3.8) is 0 Å². The number of hydrogen-bond donors (Lipinski definition) is 1. The highest BCUT2D eigenvalue weighted by molar-refractivity contribution is 6.04. The summed E-state index contributed by atoms with van der Waals surface area (Å²) in [6, 6.07) is 13.0. The van der Waals surface area contributed by atoms with Gasteiger partial charge in [0.15, 0.2) is 11.5 Å². The zero-order valence-corrected chi connectivity index (χ0v) is 13.8. The van der Waals surface area contributed by atoms with Crippen LogP contribution in [0.15, 0.2) is 42.5 Å². The second-order valence-corrected chi connectivity index (χ2v) is 5.56. The number of amides is 1. The molecule has 0 saturated carbocycles. The molecule has 1 aliphatic heterocycles. The lowest BCUT2D eigenvalue weighted by Crippen LogP contribution is -2.19. The fourth-order valence-electron chi connectivity index (χ4n) is 2.93. The molecule has 0 fully saturated rings. The van der Waals surface area contributed by atoms with Crippen LogP contribution in [0.25, 0.3) is 22.0 Å². The molecule has 2 heterocycles. The molecule has 0 saturated heterocycles. The van der Waals surface area contributed by atoms with Gasteiger partial charge in [-0.15, -0.1) is 0 Å². The third-order valence-corrected chi connectivity index (χ3v) is 4.17. The predicted octanol–water partition coefficient (Wildman–Crippen LogP) is 3.00. The summed E-state index contributed by atoms with van der Waals surface area (Å²) in [4.78, 5) is 16.6. The van der Waals surface area contributed by atoms with E-state index in [1.54, 1.807) is 20.2 Å². The van der Waals surface area contributed by atoms with Gasteiger partial charge in [-0.25, -0.2) is 4.98 Å². The average Bonchev–Trinajstić information content (AvgIpc) is 3.15. The van der Waals surface area contributed by atoms with Gasteiger partial charge >= 0.3 is 0 Å². The largest absolute Gasteiger partial charge is 0.497 e. The van der Waals surface area contributed by atoms with Crippen LogP contribution in [0.1, 0.15) is 10.5 Å². The number of benzene rings is 2. The molecule has 0 aliphatic carbocycles.